The first-order valence-electron chi connectivity index (χ1n) is 7.33. The molecule has 0 amide bonds. The fourth-order valence-corrected chi connectivity index (χ4v) is 2.70. The maximum Gasteiger partial charge on any atom is 0.416 e. The van der Waals surface area contributed by atoms with Crippen LogP contribution in [0.4, 0.5) is 26.3 Å². The molecule has 0 unspecified atom stereocenters. The number of aliphatic hydroxyl groups excluding tert-OH is 1. The number of aliphatic hydroxyl groups is 1. The first-order chi connectivity index (χ1) is 12.4. The summed E-state index contributed by atoms with van der Waals surface area (Å²) in [5, 5.41) is 10.2. The molecule has 0 aromatic heterocycles. The number of carbonyl (C=O) groups excluding carboxylic acids is 2. The van der Waals surface area contributed by atoms with Crippen molar-refractivity contribution < 1.29 is 41.0 Å². The van der Waals surface area contributed by atoms with Crippen LogP contribution in [0.25, 0.3) is 5.76 Å². The van der Waals surface area contributed by atoms with E-state index in [9.17, 15) is 41.0 Å². The Morgan fingerprint density at radius 1 is 0.741 bits per heavy atom. The van der Waals surface area contributed by atoms with Gasteiger partial charge in [0.1, 0.15) is 11.3 Å². The minimum Gasteiger partial charge on any atom is -0.506 e. The first-order valence-corrected chi connectivity index (χ1v) is 7.33. The van der Waals surface area contributed by atoms with Crippen LogP contribution in [0.3, 0.4) is 0 Å². The number of alkyl halides is 6. The van der Waals surface area contributed by atoms with Gasteiger partial charge < -0.3 is 5.11 Å². The van der Waals surface area contributed by atoms with Crippen LogP contribution in [-0.4, -0.2) is 16.7 Å². The molecule has 2 aromatic rings. The minimum absolute atomic E-state index is 0.0907. The Bertz CT molecular complexity index is 930. The average molecular weight is 386 g/mol. The summed E-state index contributed by atoms with van der Waals surface area (Å²) in [5.41, 5.74) is -5.32. The Morgan fingerprint density at radius 3 is 1.52 bits per heavy atom. The van der Waals surface area contributed by atoms with E-state index in [1.54, 1.807) is 0 Å². The van der Waals surface area contributed by atoms with Gasteiger partial charge in [0.2, 0.25) is 11.6 Å². The molecule has 9 heteroatoms. The Morgan fingerprint density at radius 2 is 1.15 bits per heavy atom. The largest absolute Gasteiger partial charge is 0.506 e. The van der Waals surface area contributed by atoms with Gasteiger partial charge in [0, 0.05) is 16.7 Å². The Hall–Kier alpha value is -3.10. The second-order valence-corrected chi connectivity index (χ2v) is 5.72. The van der Waals surface area contributed by atoms with Crippen LogP contribution in [0.5, 0.6) is 0 Å². The molecule has 3 nitrogen and oxygen atoms in total. The summed E-state index contributed by atoms with van der Waals surface area (Å²) in [6.07, 6.45) is -10.3. The second kappa shape index (κ2) is 5.97. The molecular formula is C18H8F6O3. The second-order valence-electron chi connectivity index (χ2n) is 5.72. The van der Waals surface area contributed by atoms with E-state index < -0.39 is 51.9 Å². The van der Waals surface area contributed by atoms with Gasteiger partial charge in [-0.2, -0.15) is 26.3 Å². The minimum atomic E-state index is -5.13. The topological polar surface area (TPSA) is 54.4 Å². The normalized spacial score (nSPS) is 14.5. The van der Waals surface area contributed by atoms with Crippen molar-refractivity contribution in [3.8, 4) is 0 Å². The van der Waals surface area contributed by atoms with Crippen molar-refractivity contribution >= 4 is 17.3 Å². The summed E-state index contributed by atoms with van der Waals surface area (Å²) < 4.78 is 77.7. The molecule has 1 N–H and O–H groups in total. The number of benzene rings is 2. The zero-order valence-electron chi connectivity index (χ0n) is 13.1. The number of hydrogen-bond donors (Lipinski definition) is 1. The molecule has 27 heavy (non-hydrogen) atoms. The maximum atomic E-state index is 12.9. The maximum absolute atomic E-state index is 12.9. The number of Topliss-reactive ketones (excluding diaryl/α,β-unsaturated/α-hetero) is 2. The van der Waals surface area contributed by atoms with E-state index >= 15 is 0 Å². The number of rotatable bonds is 1. The molecule has 0 saturated heterocycles. The molecule has 0 radical (unpaired) electrons. The van der Waals surface area contributed by atoms with Crippen LogP contribution in [0.15, 0.2) is 48.0 Å². The van der Waals surface area contributed by atoms with Gasteiger partial charge in [-0.25, -0.2) is 0 Å². The molecule has 3 rings (SSSR count). The van der Waals surface area contributed by atoms with Gasteiger partial charge in [0.15, 0.2) is 0 Å². The lowest BCUT2D eigenvalue weighted by Gasteiger charge is -2.14. The van der Waals surface area contributed by atoms with Crippen LogP contribution >= 0.6 is 0 Å². The third-order valence-corrected chi connectivity index (χ3v) is 3.97. The quantitative estimate of drug-likeness (QED) is 0.322. The predicted molar refractivity (Wildman–Crippen MR) is 81.1 cm³/mol. The number of halogens is 6. The molecule has 0 bridgehead atoms. The van der Waals surface area contributed by atoms with E-state index in [4.69, 9.17) is 0 Å². The molecule has 140 valence electrons. The van der Waals surface area contributed by atoms with Gasteiger partial charge in [0.25, 0.3) is 0 Å². The van der Waals surface area contributed by atoms with Crippen molar-refractivity contribution in [1.29, 1.82) is 0 Å². The van der Waals surface area contributed by atoms with Crippen LogP contribution in [0, 0.1) is 0 Å². The standard InChI is InChI=1S/C18H8F6O3/c19-17(20,21)9-5-8(6-10(7-9)18(22,23)24)14(25)13-15(26)11-3-1-2-4-12(11)16(13)27/h1-7,25H. The third kappa shape index (κ3) is 3.20. The highest BCUT2D eigenvalue weighted by molar-refractivity contribution is 6.41. The van der Waals surface area contributed by atoms with Crippen LogP contribution < -0.4 is 0 Å². The molecule has 2 aromatic carbocycles. The SMILES string of the molecule is O=C1C(=C(O)c2cc(C(F)(F)F)cc(C(F)(F)F)c2)C(=O)c2ccccc21. The molecule has 0 atom stereocenters. The van der Waals surface area contributed by atoms with Crippen molar-refractivity contribution in [2.24, 2.45) is 0 Å². The molecule has 0 heterocycles. The predicted octanol–water partition coefficient (Wildman–Crippen LogP) is 5.07. The van der Waals surface area contributed by atoms with Gasteiger partial charge >= 0.3 is 12.4 Å². The van der Waals surface area contributed by atoms with Gasteiger partial charge in [-0.3, -0.25) is 9.59 Å². The average Bonchev–Trinajstić information content (AvgIpc) is 2.84. The molecule has 0 fully saturated rings. The summed E-state index contributed by atoms with van der Waals surface area (Å²) in [7, 11) is 0. The summed E-state index contributed by atoms with van der Waals surface area (Å²) in [5.74, 6) is -3.18. The number of carbonyl (C=O) groups is 2. The lowest BCUT2D eigenvalue weighted by molar-refractivity contribution is -0.143. The Balaban J connectivity index is 2.24. The molecule has 1 aliphatic rings. The number of fused-ring (bicyclic) bond motifs is 1. The van der Waals surface area contributed by atoms with Gasteiger partial charge in [-0.1, -0.05) is 24.3 Å². The summed E-state index contributed by atoms with van der Waals surface area (Å²) >= 11 is 0. The third-order valence-electron chi connectivity index (χ3n) is 3.97. The highest BCUT2D eigenvalue weighted by atomic mass is 19.4. The number of hydrogen-bond acceptors (Lipinski definition) is 3. The van der Waals surface area contributed by atoms with Gasteiger partial charge in [0.05, 0.1) is 11.1 Å². The molecule has 0 saturated carbocycles. The zero-order valence-corrected chi connectivity index (χ0v) is 13.1. The summed E-state index contributed by atoms with van der Waals surface area (Å²) in [4.78, 5) is 24.6. The lowest BCUT2D eigenvalue weighted by atomic mass is 9.99. The highest BCUT2D eigenvalue weighted by Crippen LogP contribution is 2.39. The van der Waals surface area contributed by atoms with E-state index in [0.29, 0.717) is 0 Å². The highest BCUT2D eigenvalue weighted by Gasteiger charge is 2.39. The smallest absolute Gasteiger partial charge is 0.416 e. The fourth-order valence-electron chi connectivity index (χ4n) is 2.70. The molecular weight excluding hydrogens is 378 g/mol. The van der Waals surface area contributed by atoms with Crippen LogP contribution in [0.1, 0.15) is 37.4 Å². The Kier molecular flexibility index (Phi) is 4.13. The Labute approximate surface area is 147 Å². The first kappa shape index (κ1) is 18.7. The van der Waals surface area contributed by atoms with Gasteiger partial charge in [-0.05, 0) is 18.2 Å². The van der Waals surface area contributed by atoms with E-state index in [1.807, 2.05) is 0 Å². The molecule has 0 aliphatic heterocycles. The van der Waals surface area contributed by atoms with Crippen molar-refractivity contribution in [2.75, 3.05) is 0 Å². The van der Waals surface area contributed by atoms with Crippen molar-refractivity contribution in [3.05, 3.63) is 75.9 Å². The summed E-state index contributed by atoms with van der Waals surface area (Å²) in [6.45, 7) is 0. The lowest BCUT2D eigenvalue weighted by Crippen LogP contribution is -2.13. The van der Waals surface area contributed by atoms with Crippen LogP contribution in [0.2, 0.25) is 0 Å². The van der Waals surface area contributed by atoms with Crippen LogP contribution in [-0.2, 0) is 12.4 Å². The monoisotopic (exact) mass is 386 g/mol. The van der Waals surface area contributed by atoms with Crippen molar-refractivity contribution in [3.63, 3.8) is 0 Å². The van der Waals surface area contributed by atoms with E-state index in [0.717, 1.165) is 0 Å². The van der Waals surface area contributed by atoms with Gasteiger partial charge in [-0.15, -0.1) is 0 Å². The fraction of sp³-hybridized carbons (Fsp3) is 0.111. The van der Waals surface area contributed by atoms with Crippen molar-refractivity contribution in [1.82, 2.24) is 0 Å². The van der Waals surface area contributed by atoms with E-state index in [-0.39, 0.29) is 29.3 Å². The molecule has 1 aliphatic carbocycles. The molecule has 0 spiro atoms. The van der Waals surface area contributed by atoms with Crippen molar-refractivity contribution in [2.45, 2.75) is 12.4 Å². The number of ketones is 2. The number of allylic oxidation sites excluding steroid dienone is 1. The summed E-state index contributed by atoms with van der Waals surface area (Å²) in [6, 6.07) is 5.77. The van der Waals surface area contributed by atoms with E-state index in [1.165, 1.54) is 24.3 Å². The van der Waals surface area contributed by atoms with E-state index in [2.05, 4.69) is 0 Å². The zero-order chi connectivity index (χ0) is 20.1.